The minimum atomic E-state index is -0.433. The van der Waals surface area contributed by atoms with Crippen molar-refractivity contribution in [2.24, 2.45) is 0 Å². The van der Waals surface area contributed by atoms with Crippen molar-refractivity contribution >= 4 is 165 Å². The van der Waals surface area contributed by atoms with Crippen LogP contribution in [0.15, 0.2) is 239 Å². The van der Waals surface area contributed by atoms with Crippen LogP contribution in [0.3, 0.4) is 0 Å². The molecule has 1 aliphatic rings. The highest BCUT2D eigenvalue weighted by Gasteiger charge is 2.51. The molecule has 11 aromatic carbocycles. The molecule has 0 spiro atoms. The molecule has 0 radical (unpaired) electrons. The number of benzene rings is 11. The molecule has 1 aliphatic heterocycles. The fraction of sp³-hybridized carbons (Fsp3) is 0.0769. The van der Waals surface area contributed by atoms with Crippen molar-refractivity contribution in [2.75, 3.05) is 0 Å². The summed E-state index contributed by atoms with van der Waals surface area (Å²) in [4.78, 5) is 18.7. The minimum absolute atomic E-state index is 0.399. The van der Waals surface area contributed by atoms with E-state index in [0.29, 0.717) is 16.8 Å². The molecule has 0 bridgehead atoms. The van der Waals surface area contributed by atoms with Gasteiger partial charge in [-0.25, -0.2) is 19.8 Å². The number of fused-ring (bicyclic) bond motifs is 24. The van der Waals surface area contributed by atoms with E-state index in [2.05, 4.69) is 199 Å². The smallest absolute Gasteiger partial charge is 0.399 e. The summed E-state index contributed by atoms with van der Waals surface area (Å²) >= 11 is 6.66. The molecule has 0 unspecified atom stereocenters. The summed E-state index contributed by atoms with van der Waals surface area (Å²) in [5.41, 5.74) is 17.8. The first kappa shape index (κ1) is 56.5. The molecule has 0 aliphatic carbocycles. The van der Waals surface area contributed by atoms with Crippen molar-refractivity contribution in [3.63, 3.8) is 0 Å². The van der Waals surface area contributed by atoms with Crippen molar-refractivity contribution in [3.05, 3.63) is 262 Å². The van der Waals surface area contributed by atoms with Gasteiger partial charge in [0.25, 0.3) is 0 Å². The van der Waals surface area contributed by atoms with Gasteiger partial charge in [-0.05, 0) is 187 Å². The molecular weight excluding hydrogens is 1270 g/mol. The largest absolute Gasteiger partial charge is 0.494 e. The predicted octanol–water partition coefficient (Wildman–Crippen LogP) is 19.8. The van der Waals surface area contributed by atoms with Crippen LogP contribution in [-0.2, 0) is 9.31 Å². The van der Waals surface area contributed by atoms with Crippen LogP contribution in [-0.4, -0.2) is 46.5 Å². The molecule has 1 saturated heterocycles. The molecule has 14 heteroatoms. The van der Waals surface area contributed by atoms with Crippen molar-refractivity contribution < 1.29 is 9.31 Å². The fourth-order valence-electron chi connectivity index (χ4n) is 13.1. The van der Waals surface area contributed by atoms with Crippen LogP contribution in [0.1, 0.15) is 38.8 Å². The number of para-hydroxylation sites is 6. The molecule has 0 atom stereocenters. The average molecular weight is 1320 g/mol. The maximum Gasteiger partial charge on any atom is 0.494 e. The highest BCUT2D eigenvalue weighted by molar-refractivity contribution is 9.11. The number of rotatable bonds is 3. The number of pyridine rings is 3. The van der Waals surface area contributed by atoms with Crippen molar-refractivity contribution in [1.82, 2.24) is 28.2 Å². The number of aromatic nitrogens is 6. The van der Waals surface area contributed by atoms with Crippen LogP contribution in [0.5, 0.6) is 0 Å². The fourth-order valence-corrected chi connectivity index (χ4v) is 14.2. The van der Waals surface area contributed by atoms with Crippen LogP contribution in [0.4, 0.5) is 5.69 Å². The van der Waals surface area contributed by atoms with E-state index in [1.807, 2.05) is 121 Å². The average Bonchev–Trinajstić information content (AvgIpc) is 1.50. The number of imidazole rings is 3. The molecule has 0 saturated carbocycles. The quantitative estimate of drug-likeness (QED) is 0.0981. The zero-order valence-electron chi connectivity index (χ0n) is 50.1. The Kier molecular flexibility index (Phi) is 13.3. The van der Waals surface area contributed by atoms with E-state index in [1.165, 1.54) is 0 Å². The van der Waals surface area contributed by atoms with E-state index in [-0.39, 0.29) is 0 Å². The van der Waals surface area contributed by atoms with Gasteiger partial charge in [0.1, 0.15) is 16.9 Å². The van der Waals surface area contributed by atoms with Crippen LogP contribution in [0.2, 0.25) is 0 Å². The second-order valence-electron chi connectivity index (χ2n) is 24.2. The third-order valence-corrected chi connectivity index (χ3v) is 19.3. The lowest BCUT2D eigenvalue weighted by Crippen LogP contribution is -2.41. The maximum atomic E-state index is 9.78. The summed E-state index contributed by atoms with van der Waals surface area (Å²) in [7, 11) is -0.433. The van der Waals surface area contributed by atoms with E-state index < -0.39 is 18.3 Å². The number of hydrogen-bond donors (Lipinski definition) is 0. The summed E-state index contributed by atoms with van der Waals surface area (Å²) in [6.45, 7) is 15.8. The Morgan fingerprint density at radius 2 is 0.783 bits per heavy atom. The summed E-state index contributed by atoms with van der Waals surface area (Å²) in [6.07, 6.45) is 0. The van der Waals surface area contributed by atoms with Crippen LogP contribution < -0.4 is 5.46 Å². The molecule has 0 amide bonds. The number of nitrogens with zero attached hydrogens (tertiary/aromatic N) is 9. The molecule has 11 nitrogen and oxygen atoms in total. The van der Waals surface area contributed by atoms with Gasteiger partial charge in [-0.2, -0.15) is 10.5 Å². The Bertz CT molecular complexity index is 5890. The molecule has 18 rings (SSSR count). The van der Waals surface area contributed by atoms with Crippen LogP contribution in [0.25, 0.3) is 142 Å². The number of halogens is 2. The van der Waals surface area contributed by atoms with Crippen LogP contribution in [0, 0.1) is 29.2 Å². The van der Waals surface area contributed by atoms with Crippen molar-refractivity contribution in [3.8, 4) is 34.4 Å². The lowest BCUT2D eigenvalue weighted by Gasteiger charge is -2.32. The summed E-state index contributed by atoms with van der Waals surface area (Å²) in [5.74, 6) is 0. The van der Waals surface area contributed by atoms with Crippen LogP contribution >= 0.6 is 31.9 Å². The van der Waals surface area contributed by atoms with Gasteiger partial charge in [0, 0.05) is 46.8 Å². The standard InChI is InChI=1S/C46H24N6.C26H22BN3O2.C6H4Br2/c47-25-27-12-16-33-37-23-31(14-18-35(37)45-49-39-8-1-3-10-41(39)51(45)43(33)20-27)29-6-5-7-30(22-29)32-15-19-36-38(24-32)34-17-13-28(26-48)21-44(34)52-42-11-4-2-9-40(42)50-46(36)52;1-25(2)26(3,4)32-27(31-25)16-10-12-19-20(14-16)18-13-11-17(28-5)15-23(18)30-22-9-7-6-8-21(22)29-24(19)30;7-5-2-1-3-6(8)4-5/h1-24H;6-15H,1-4H3;1-4H. The predicted molar refractivity (Wildman–Crippen MR) is 381 cm³/mol. The zero-order valence-corrected chi connectivity index (χ0v) is 53.3. The topological polar surface area (TPSA) is 122 Å². The first-order valence-electron chi connectivity index (χ1n) is 30.1. The molecule has 0 N–H and O–H groups in total. The van der Waals surface area contributed by atoms with Gasteiger partial charge >= 0.3 is 7.12 Å². The Balaban J connectivity index is 0.000000142. The lowest BCUT2D eigenvalue weighted by atomic mass is 9.78. The Labute approximate surface area is 544 Å². The van der Waals surface area contributed by atoms with E-state index in [4.69, 9.17) is 30.8 Å². The highest BCUT2D eigenvalue weighted by atomic mass is 79.9. The van der Waals surface area contributed by atoms with E-state index >= 15 is 0 Å². The number of hydrogen-bond acceptors (Lipinski definition) is 7. The Hall–Kier alpha value is -10.8. The Morgan fingerprint density at radius 3 is 1.22 bits per heavy atom. The highest BCUT2D eigenvalue weighted by Crippen LogP contribution is 2.41. The summed E-state index contributed by atoms with van der Waals surface area (Å²) in [5, 5.41) is 29.2. The molecule has 436 valence electrons. The first-order valence-corrected chi connectivity index (χ1v) is 31.7. The second kappa shape index (κ2) is 21.7. The normalized spacial score (nSPS) is 13.6. The maximum absolute atomic E-state index is 9.78. The van der Waals surface area contributed by atoms with E-state index in [9.17, 15) is 10.5 Å². The van der Waals surface area contributed by atoms with Gasteiger partial charge < -0.3 is 9.31 Å². The minimum Gasteiger partial charge on any atom is -0.399 e. The molecule has 7 heterocycles. The Morgan fingerprint density at radius 1 is 0.391 bits per heavy atom. The number of nitriles is 2. The summed E-state index contributed by atoms with van der Waals surface area (Å²) < 4.78 is 21.3. The van der Waals surface area contributed by atoms with Gasteiger partial charge in [-0.1, -0.05) is 147 Å². The molecule has 6 aromatic heterocycles. The zero-order chi connectivity index (χ0) is 62.7. The van der Waals surface area contributed by atoms with Gasteiger partial charge in [0.15, 0.2) is 5.69 Å². The van der Waals surface area contributed by atoms with Crippen molar-refractivity contribution in [2.45, 2.75) is 38.9 Å². The second-order valence-corrected chi connectivity index (χ2v) is 26.0. The van der Waals surface area contributed by atoms with E-state index in [1.54, 1.807) is 0 Å². The molecule has 17 aromatic rings. The lowest BCUT2D eigenvalue weighted by molar-refractivity contribution is 0.00578. The SMILES string of the molecule is Brc1cccc(Br)c1.N#Cc1ccc2c3cc(-c4cccc(-c5ccc6c(c5)c5ccc(C#N)cc5n5c7ccccc7nc65)c4)ccc3c3nc4ccccc4n3c2c1.[C-]#[N+]c1ccc2c3cc(B4OC(C)(C)C(C)(C)O4)ccc3c3nc4ccccc4n3c2c1. The van der Waals surface area contributed by atoms with Gasteiger partial charge in [0.2, 0.25) is 0 Å². The van der Waals surface area contributed by atoms with Crippen molar-refractivity contribution in [1.29, 1.82) is 10.5 Å². The molecule has 1 fully saturated rings. The van der Waals surface area contributed by atoms with Gasteiger partial charge in [0.05, 0.1) is 85.2 Å². The monoisotopic (exact) mass is 1310 g/mol. The third-order valence-electron chi connectivity index (χ3n) is 18.3. The van der Waals surface area contributed by atoms with Gasteiger partial charge in [-0.15, -0.1) is 0 Å². The van der Waals surface area contributed by atoms with Gasteiger partial charge in [-0.3, -0.25) is 13.2 Å². The van der Waals surface area contributed by atoms with E-state index in [0.717, 1.165) is 152 Å². The third kappa shape index (κ3) is 9.23. The first-order chi connectivity index (χ1) is 44.7. The molecular formula is C78H50BBr2N9O2. The molecule has 92 heavy (non-hydrogen) atoms. The summed E-state index contributed by atoms with van der Waals surface area (Å²) in [6, 6.07) is 82.9.